The van der Waals surface area contributed by atoms with Gasteiger partial charge in [-0.05, 0) is 31.9 Å². The Kier molecular flexibility index (Phi) is 5.16. The smallest absolute Gasteiger partial charge is 0.390 e. The number of nitrogens with zero attached hydrogens (tertiary/aromatic N) is 4. The van der Waals surface area contributed by atoms with Gasteiger partial charge in [0, 0.05) is 30.4 Å². The molecule has 8 nitrogen and oxygen atoms in total. The van der Waals surface area contributed by atoms with E-state index in [2.05, 4.69) is 35.6 Å². The van der Waals surface area contributed by atoms with Gasteiger partial charge in [0.2, 0.25) is 5.89 Å². The average molecular weight is 384 g/mol. The maximum atomic E-state index is 12.4. The summed E-state index contributed by atoms with van der Waals surface area (Å²) < 4.78 is 8.54. The lowest BCUT2D eigenvalue weighted by Gasteiger charge is -2.36. The minimum absolute atomic E-state index is 0.0326. The molecular formula is C20H28N6O2. The van der Waals surface area contributed by atoms with E-state index in [1.54, 1.807) is 17.0 Å². The van der Waals surface area contributed by atoms with Crippen molar-refractivity contribution >= 4 is 0 Å². The molecule has 0 spiro atoms. The fourth-order valence-electron chi connectivity index (χ4n) is 3.91. The van der Waals surface area contributed by atoms with Crippen LogP contribution in [0.5, 0.6) is 0 Å². The third kappa shape index (κ3) is 2.93. The topological polar surface area (TPSA) is 104 Å². The highest BCUT2D eigenvalue weighted by Gasteiger charge is 2.51. The van der Waals surface area contributed by atoms with Crippen LogP contribution in [-0.2, 0) is 12.6 Å². The van der Waals surface area contributed by atoms with Crippen molar-refractivity contribution in [3.05, 3.63) is 71.0 Å². The highest BCUT2D eigenvalue weighted by atomic mass is 16.4. The number of hydrogen-bond acceptors (Lipinski definition) is 6. The summed E-state index contributed by atoms with van der Waals surface area (Å²) in [4.78, 5) is 12.4. The number of aromatic nitrogens is 4. The van der Waals surface area contributed by atoms with Crippen LogP contribution in [0.2, 0.25) is 0 Å². The van der Waals surface area contributed by atoms with E-state index in [-0.39, 0.29) is 23.9 Å². The van der Waals surface area contributed by atoms with Gasteiger partial charge in [0.05, 0.1) is 18.3 Å². The quantitative estimate of drug-likeness (QED) is 0.756. The fraction of sp³-hybridized carbons (Fsp3) is 0.450. The van der Waals surface area contributed by atoms with Crippen molar-refractivity contribution < 1.29 is 4.42 Å². The standard InChI is InChI=1S/C20H28N6O2/c1-7-14-15(8-2)17(23-16(14)9-3)20(21,13-10-22-25(6)11-13)18-24-26(12(4)5)19(27)28-18/h7,9-12,15,17,23H,1,3,8,21H2,2,4-6H3. The molecule has 2 aromatic heterocycles. The minimum Gasteiger partial charge on any atom is -0.390 e. The molecule has 3 N–H and O–H groups in total. The fourth-order valence-corrected chi connectivity index (χ4v) is 3.91. The molecule has 0 saturated carbocycles. The molecule has 0 bridgehead atoms. The summed E-state index contributed by atoms with van der Waals surface area (Å²) in [6, 6.07) is -0.464. The summed E-state index contributed by atoms with van der Waals surface area (Å²) in [7, 11) is 1.81. The summed E-state index contributed by atoms with van der Waals surface area (Å²) in [5, 5.41) is 12.2. The van der Waals surface area contributed by atoms with Gasteiger partial charge in [0.25, 0.3) is 0 Å². The highest BCUT2D eigenvalue weighted by Crippen LogP contribution is 2.41. The van der Waals surface area contributed by atoms with Crippen LogP contribution in [0.4, 0.5) is 0 Å². The molecule has 0 fully saturated rings. The monoisotopic (exact) mass is 384 g/mol. The van der Waals surface area contributed by atoms with Crippen molar-refractivity contribution in [2.45, 2.75) is 44.8 Å². The summed E-state index contributed by atoms with van der Waals surface area (Å²) in [5.74, 6) is -0.343. The van der Waals surface area contributed by atoms with Gasteiger partial charge < -0.3 is 15.5 Å². The first-order chi connectivity index (χ1) is 13.3. The number of rotatable bonds is 7. The second-order valence-electron chi connectivity index (χ2n) is 7.40. The van der Waals surface area contributed by atoms with Crippen molar-refractivity contribution in [1.82, 2.24) is 24.9 Å². The van der Waals surface area contributed by atoms with Crippen molar-refractivity contribution in [1.29, 1.82) is 0 Å². The lowest BCUT2D eigenvalue weighted by molar-refractivity contribution is 0.258. The summed E-state index contributed by atoms with van der Waals surface area (Å²) in [6.07, 6.45) is 7.90. The van der Waals surface area contributed by atoms with Gasteiger partial charge in [-0.2, -0.15) is 9.78 Å². The molecule has 1 aliphatic rings. The Bertz CT molecular complexity index is 979. The highest BCUT2D eigenvalue weighted by molar-refractivity contribution is 5.43. The summed E-state index contributed by atoms with van der Waals surface area (Å²) in [6.45, 7) is 13.7. The Morgan fingerprint density at radius 2 is 2.14 bits per heavy atom. The van der Waals surface area contributed by atoms with Crippen molar-refractivity contribution in [3.8, 4) is 0 Å². The Labute approximate surface area is 164 Å². The van der Waals surface area contributed by atoms with Crippen LogP contribution in [0, 0.1) is 5.92 Å². The van der Waals surface area contributed by atoms with E-state index in [4.69, 9.17) is 10.2 Å². The molecule has 3 atom stereocenters. The van der Waals surface area contributed by atoms with Gasteiger partial charge in [0.1, 0.15) is 5.54 Å². The summed E-state index contributed by atoms with van der Waals surface area (Å²) >= 11 is 0. The van der Waals surface area contributed by atoms with Gasteiger partial charge in [-0.3, -0.25) is 4.68 Å². The summed E-state index contributed by atoms with van der Waals surface area (Å²) in [5.41, 5.74) is 8.42. The average Bonchev–Trinajstić information content (AvgIpc) is 3.36. The second kappa shape index (κ2) is 7.27. The first kappa shape index (κ1) is 19.9. The van der Waals surface area contributed by atoms with Crippen LogP contribution in [0.15, 0.2) is 58.2 Å². The Balaban J connectivity index is 2.21. The van der Waals surface area contributed by atoms with Crippen LogP contribution in [-0.4, -0.2) is 25.6 Å². The molecule has 1 aliphatic heterocycles. The lowest BCUT2D eigenvalue weighted by atomic mass is 9.76. The van der Waals surface area contributed by atoms with Gasteiger partial charge in [-0.25, -0.2) is 4.79 Å². The zero-order valence-electron chi connectivity index (χ0n) is 16.8. The number of hydrogen-bond donors (Lipinski definition) is 2. The van der Waals surface area contributed by atoms with Crippen LogP contribution in [0.25, 0.3) is 0 Å². The predicted octanol–water partition coefficient (Wildman–Crippen LogP) is 1.98. The first-order valence-electron chi connectivity index (χ1n) is 9.41. The van der Waals surface area contributed by atoms with Gasteiger partial charge in [-0.1, -0.05) is 26.2 Å². The van der Waals surface area contributed by atoms with Gasteiger partial charge in [-0.15, -0.1) is 5.10 Å². The normalized spacial score (nSPS) is 21.6. The van der Waals surface area contributed by atoms with E-state index in [1.165, 1.54) is 4.68 Å². The molecule has 8 heteroatoms. The van der Waals surface area contributed by atoms with Gasteiger partial charge in [0.15, 0.2) is 0 Å². The molecule has 3 rings (SSSR count). The molecule has 2 aromatic rings. The van der Waals surface area contributed by atoms with Crippen molar-refractivity contribution in [3.63, 3.8) is 0 Å². The van der Waals surface area contributed by atoms with E-state index in [0.29, 0.717) is 5.56 Å². The third-order valence-corrected chi connectivity index (χ3v) is 5.37. The van der Waals surface area contributed by atoms with E-state index < -0.39 is 11.3 Å². The van der Waals surface area contributed by atoms with Crippen molar-refractivity contribution in [2.24, 2.45) is 18.7 Å². The second-order valence-corrected chi connectivity index (χ2v) is 7.40. The van der Waals surface area contributed by atoms with E-state index >= 15 is 0 Å². The Hall–Kier alpha value is -2.87. The number of nitrogens with two attached hydrogens (primary N) is 1. The molecular weight excluding hydrogens is 356 g/mol. The number of allylic oxidation sites excluding steroid dienone is 2. The molecule has 0 radical (unpaired) electrons. The van der Waals surface area contributed by atoms with Crippen LogP contribution in [0.3, 0.4) is 0 Å². The van der Waals surface area contributed by atoms with E-state index in [1.807, 2.05) is 33.2 Å². The molecule has 0 aliphatic carbocycles. The lowest BCUT2D eigenvalue weighted by Crippen LogP contribution is -2.56. The van der Waals surface area contributed by atoms with Crippen LogP contribution >= 0.6 is 0 Å². The number of nitrogens with one attached hydrogen (secondary N) is 1. The zero-order valence-corrected chi connectivity index (χ0v) is 16.8. The first-order valence-corrected chi connectivity index (χ1v) is 9.41. The Morgan fingerprint density at radius 3 is 2.61 bits per heavy atom. The predicted molar refractivity (Wildman–Crippen MR) is 107 cm³/mol. The van der Waals surface area contributed by atoms with Crippen molar-refractivity contribution in [2.75, 3.05) is 0 Å². The molecule has 28 heavy (non-hydrogen) atoms. The van der Waals surface area contributed by atoms with Crippen LogP contribution < -0.4 is 16.8 Å². The van der Waals surface area contributed by atoms with Gasteiger partial charge >= 0.3 is 5.76 Å². The maximum Gasteiger partial charge on any atom is 0.437 e. The van der Waals surface area contributed by atoms with E-state index in [0.717, 1.165) is 17.7 Å². The SMILES string of the molecule is C=CC1=C(C=C)C(CC)C(C(N)(c2cnn(C)c2)c2nn(C(C)C)c(=O)o2)N1. The number of aryl methyl sites for hydroxylation is 1. The van der Waals surface area contributed by atoms with Crippen LogP contribution in [0.1, 0.15) is 44.7 Å². The molecule has 0 aromatic carbocycles. The van der Waals surface area contributed by atoms with E-state index in [9.17, 15) is 4.79 Å². The molecule has 0 saturated heterocycles. The molecule has 150 valence electrons. The zero-order chi connectivity index (χ0) is 20.6. The molecule has 0 amide bonds. The largest absolute Gasteiger partial charge is 0.437 e. The molecule has 3 unspecified atom stereocenters. The Morgan fingerprint density at radius 1 is 1.43 bits per heavy atom. The minimum atomic E-state index is -1.22. The maximum absolute atomic E-state index is 12.4. The third-order valence-electron chi connectivity index (χ3n) is 5.37. The molecule has 3 heterocycles.